The number of rotatable bonds is 3. The fourth-order valence-corrected chi connectivity index (χ4v) is 0.869. The van der Waals surface area contributed by atoms with Crippen molar-refractivity contribution in [1.29, 1.82) is 0 Å². The van der Waals surface area contributed by atoms with E-state index in [0.717, 1.165) is 11.5 Å². The summed E-state index contributed by atoms with van der Waals surface area (Å²) in [6.07, 6.45) is -0.279. The Labute approximate surface area is 72.1 Å². The number of nitrogens with two attached hydrogens (primary N) is 1. The highest BCUT2D eigenvalue weighted by Crippen LogP contribution is 2.17. The molecule has 0 aliphatic rings. The maximum atomic E-state index is 5.44. The molecule has 0 amide bonds. The predicted octanol–water partition coefficient (Wildman–Crippen LogP) is 1.38. The van der Waals surface area contributed by atoms with Gasteiger partial charge in [0.15, 0.2) is 0 Å². The molecule has 1 rings (SSSR count). The predicted molar refractivity (Wildman–Crippen MR) is 47.3 cm³/mol. The fraction of sp³-hybridized carbons (Fsp3) is 0.333. The van der Waals surface area contributed by atoms with Crippen LogP contribution in [0, 0.1) is 0 Å². The lowest BCUT2D eigenvalue weighted by atomic mass is 10.3. The highest BCUT2D eigenvalue weighted by atomic mass is 16.5. The Balaban J connectivity index is 2.65. The molecule has 66 valence electrons. The van der Waals surface area contributed by atoms with Crippen LogP contribution in [0.4, 0.5) is 0 Å². The van der Waals surface area contributed by atoms with Crippen LogP contribution in [0.5, 0.6) is 11.5 Å². The summed E-state index contributed by atoms with van der Waals surface area (Å²) in [6, 6.07) is 7.31. The first kappa shape index (κ1) is 8.87. The van der Waals surface area contributed by atoms with Gasteiger partial charge in [-0.1, -0.05) is 0 Å². The minimum absolute atomic E-state index is 0.279. The number of methoxy groups -OCH3 is 1. The van der Waals surface area contributed by atoms with Crippen molar-refractivity contribution in [2.24, 2.45) is 5.73 Å². The Morgan fingerprint density at radius 3 is 2.08 bits per heavy atom. The molecule has 1 atom stereocenters. The molecule has 1 aromatic rings. The van der Waals surface area contributed by atoms with E-state index in [0.29, 0.717) is 0 Å². The summed E-state index contributed by atoms with van der Waals surface area (Å²) in [5.74, 6) is 1.57. The molecule has 12 heavy (non-hydrogen) atoms. The molecular weight excluding hydrogens is 154 g/mol. The van der Waals surface area contributed by atoms with Gasteiger partial charge in [0.25, 0.3) is 0 Å². The van der Waals surface area contributed by atoms with E-state index in [2.05, 4.69) is 0 Å². The van der Waals surface area contributed by atoms with Crippen LogP contribution >= 0.6 is 0 Å². The smallest absolute Gasteiger partial charge is 0.144 e. The second-order valence-electron chi connectivity index (χ2n) is 2.50. The number of hydrogen-bond donors (Lipinski definition) is 1. The molecule has 0 bridgehead atoms. The fourth-order valence-electron chi connectivity index (χ4n) is 0.869. The first-order valence-electron chi connectivity index (χ1n) is 3.78. The van der Waals surface area contributed by atoms with E-state index in [9.17, 15) is 0 Å². The van der Waals surface area contributed by atoms with E-state index in [4.69, 9.17) is 15.2 Å². The maximum Gasteiger partial charge on any atom is 0.144 e. The van der Waals surface area contributed by atoms with E-state index in [1.54, 1.807) is 14.0 Å². The third kappa shape index (κ3) is 2.43. The van der Waals surface area contributed by atoms with Gasteiger partial charge < -0.3 is 9.47 Å². The molecule has 2 N–H and O–H groups in total. The Bertz CT molecular complexity index is 231. The first-order chi connectivity index (χ1) is 5.72. The molecule has 3 heteroatoms. The van der Waals surface area contributed by atoms with Crippen LogP contribution in [0.3, 0.4) is 0 Å². The molecule has 0 aliphatic carbocycles. The third-order valence-corrected chi connectivity index (χ3v) is 1.38. The van der Waals surface area contributed by atoms with Crippen molar-refractivity contribution in [3.05, 3.63) is 24.3 Å². The molecular formula is C9H13NO2. The van der Waals surface area contributed by atoms with Gasteiger partial charge in [-0.3, -0.25) is 5.73 Å². The van der Waals surface area contributed by atoms with Crippen LogP contribution in [0.25, 0.3) is 0 Å². The molecule has 0 aromatic heterocycles. The molecule has 0 aliphatic heterocycles. The minimum Gasteiger partial charge on any atom is -0.497 e. The number of hydrogen-bond acceptors (Lipinski definition) is 3. The van der Waals surface area contributed by atoms with Gasteiger partial charge in [0.05, 0.1) is 7.11 Å². The maximum absolute atomic E-state index is 5.44. The second-order valence-corrected chi connectivity index (χ2v) is 2.50. The molecule has 0 radical (unpaired) electrons. The summed E-state index contributed by atoms with van der Waals surface area (Å²) < 4.78 is 10.2. The quantitative estimate of drug-likeness (QED) is 0.692. The summed E-state index contributed by atoms with van der Waals surface area (Å²) in [7, 11) is 1.63. The molecule has 1 unspecified atom stereocenters. The van der Waals surface area contributed by atoms with Gasteiger partial charge in [-0.15, -0.1) is 0 Å². The van der Waals surface area contributed by atoms with Crippen molar-refractivity contribution >= 4 is 0 Å². The van der Waals surface area contributed by atoms with Crippen LogP contribution in [0.15, 0.2) is 24.3 Å². The molecule has 0 saturated heterocycles. The average molecular weight is 167 g/mol. The standard InChI is InChI=1S/C9H13NO2/c1-7(10)12-9-5-3-8(11-2)4-6-9/h3-7H,10H2,1-2H3. The van der Waals surface area contributed by atoms with Crippen molar-refractivity contribution in [3.63, 3.8) is 0 Å². The van der Waals surface area contributed by atoms with Gasteiger partial charge in [0.2, 0.25) is 0 Å². The minimum atomic E-state index is -0.279. The Morgan fingerprint density at radius 2 is 1.67 bits per heavy atom. The molecule has 1 aromatic carbocycles. The summed E-state index contributed by atoms with van der Waals surface area (Å²) in [5.41, 5.74) is 5.44. The zero-order valence-electron chi connectivity index (χ0n) is 7.28. The van der Waals surface area contributed by atoms with Gasteiger partial charge in [-0.25, -0.2) is 0 Å². The van der Waals surface area contributed by atoms with Crippen molar-refractivity contribution in [2.45, 2.75) is 13.2 Å². The van der Waals surface area contributed by atoms with Crippen LogP contribution in [0.2, 0.25) is 0 Å². The van der Waals surface area contributed by atoms with Gasteiger partial charge in [0, 0.05) is 0 Å². The zero-order chi connectivity index (χ0) is 8.97. The molecule has 0 saturated carbocycles. The van der Waals surface area contributed by atoms with Crippen LogP contribution in [-0.4, -0.2) is 13.3 Å². The van der Waals surface area contributed by atoms with Crippen molar-refractivity contribution in [1.82, 2.24) is 0 Å². The lowest BCUT2D eigenvalue weighted by Crippen LogP contribution is -2.22. The molecule has 0 spiro atoms. The van der Waals surface area contributed by atoms with E-state index >= 15 is 0 Å². The van der Waals surface area contributed by atoms with Gasteiger partial charge in [0.1, 0.15) is 17.7 Å². The SMILES string of the molecule is COc1ccc(OC(C)N)cc1. The van der Waals surface area contributed by atoms with Gasteiger partial charge >= 0.3 is 0 Å². The van der Waals surface area contributed by atoms with Gasteiger partial charge in [-0.05, 0) is 31.2 Å². The molecule has 3 nitrogen and oxygen atoms in total. The van der Waals surface area contributed by atoms with Crippen LogP contribution < -0.4 is 15.2 Å². The number of ether oxygens (including phenoxy) is 2. The van der Waals surface area contributed by atoms with E-state index in [1.807, 2.05) is 24.3 Å². The van der Waals surface area contributed by atoms with E-state index in [1.165, 1.54) is 0 Å². The Kier molecular flexibility index (Phi) is 2.94. The van der Waals surface area contributed by atoms with Crippen LogP contribution in [-0.2, 0) is 0 Å². The average Bonchev–Trinajstić information content (AvgIpc) is 2.05. The summed E-state index contributed by atoms with van der Waals surface area (Å²) in [5, 5.41) is 0. The highest BCUT2D eigenvalue weighted by molar-refractivity contribution is 5.31. The van der Waals surface area contributed by atoms with Crippen LogP contribution in [0.1, 0.15) is 6.92 Å². The lowest BCUT2D eigenvalue weighted by molar-refractivity contribution is 0.230. The largest absolute Gasteiger partial charge is 0.497 e. The summed E-state index contributed by atoms with van der Waals surface area (Å²) in [6.45, 7) is 1.78. The first-order valence-corrected chi connectivity index (χ1v) is 3.78. The van der Waals surface area contributed by atoms with E-state index < -0.39 is 0 Å². The topological polar surface area (TPSA) is 44.5 Å². The monoisotopic (exact) mass is 167 g/mol. The second kappa shape index (κ2) is 3.97. The zero-order valence-corrected chi connectivity index (χ0v) is 7.28. The summed E-state index contributed by atoms with van der Waals surface area (Å²) >= 11 is 0. The van der Waals surface area contributed by atoms with Crippen molar-refractivity contribution in [2.75, 3.05) is 7.11 Å². The normalized spacial score (nSPS) is 12.2. The third-order valence-electron chi connectivity index (χ3n) is 1.38. The van der Waals surface area contributed by atoms with E-state index in [-0.39, 0.29) is 6.23 Å². The Hall–Kier alpha value is -1.22. The van der Waals surface area contributed by atoms with Gasteiger partial charge in [-0.2, -0.15) is 0 Å². The van der Waals surface area contributed by atoms with Crippen molar-refractivity contribution in [3.8, 4) is 11.5 Å². The summed E-state index contributed by atoms with van der Waals surface area (Å²) in [4.78, 5) is 0. The highest BCUT2D eigenvalue weighted by Gasteiger charge is 1.96. The molecule has 0 fully saturated rings. The Morgan fingerprint density at radius 1 is 1.17 bits per heavy atom. The van der Waals surface area contributed by atoms with Crippen molar-refractivity contribution < 1.29 is 9.47 Å². The molecule has 0 heterocycles. The number of benzene rings is 1. The lowest BCUT2D eigenvalue weighted by Gasteiger charge is -2.09.